The number of aliphatic imine (C=N–C) groups is 1. The zero-order chi connectivity index (χ0) is 22.2. The summed E-state index contributed by atoms with van der Waals surface area (Å²) < 4.78 is 2.06. The third-order valence-corrected chi connectivity index (χ3v) is 5.97. The average molecular weight is 574 g/mol. The Morgan fingerprint density at radius 1 is 1.16 bits per heavy atom. The molecule has 32 heavy (non-hydrogen) atoms. The molecule has 1 aliphatic heterocycles. The van der Waals surface area contributed by atoms with Crippen LogP contribution in [0.4, 0.5) is 5.69 Å². The van der Waals surface area contributed by atoms with Gasteiger partial charge in [-0.3, -0.25) is 4.68 Å². The molecule has 0 radical (unpaired) electrons. The molecule has 9 heteroatoms. The van der Waals surface area contributed by atoms with Gasteiger partial charge in [-0.2, -0.15) is 5.10 Å². The molecule has 2 N–H and O–H groups in total. The lowest BCUT2D eigenvalue weighted by Crippen LogP contribution is -2.44. The van der Waals surface area contributed by atoms with Crippen LogP contribution in [0.1, 0.15) is 30.3 Å². The third kappa shape index (κ3) is 7.52. The second-order valence-electron chi connectivity index (χ2n) is 8.15. The molecule has 1 aromatic carbocycles. The summed E-state index contributed by atoms with van der Waals surface area (Å²) in [5.74, 6) is 0.820. The number of hydrogen-bond donors (Lipinski definition) is 2. The quantitative estimate of drug-likeness (QED) is 0.218. The van der Waals surface area contributed by atoms with Crippen LogP contribution in [0.3, 0.4) is 0 Å². The number of nitrogens with zero attached hydrogens (tertiary/aromatic N) is 5. The highest BCUT2D eigenvalue weighted by atomic mass is 127. The van der Waals surface area contributed by atoms with Crippen LogP contribution in [0, 0.1) is 13.8 Å². The summed E-state index contributed by atoms with van der Waals surface area (Å²) in [6, 6.07) is 8.27. The summed E-state index contributed by atoms with van der Waals surface area (Å²) in [6.07, 6.45) is 0.977. The van der Waals surface area contributed by atoms with Crippen molar-refractivity contribution in [1.82, 2.24) is 25.3 Å². The molecule has 0 spiro atoms. The monoisotopic (exact) mass is 573 g/mol. The Bertz CT molecular complexity index is 875. The first kappa shape index (κ1) is 26.7. The van der Waals surface area contributed by atoms with Gasteiger partial charge in [0.25, 0.3) is 0 Å². The second-order valence-corrected chi connectivity index (χ2v) is 8.56. The maximum Gasteiger partial charge on any atom is 0.191 e. The van der Waals surface area contributed by atoms with Gasteiger partial charge >= 0.3 is 0 Å². The van der Waals surface area contributed by atoms with Crippen molar-refractivity contribution in [2.24, 2.45) is 4.99 Å². The van der Waals surface area contributed by atoms with Crippen molar-refractivity contribution < 1.29 is 0 Å². The maximum absolute atomic E-state index is 6.59. The zero-order valence-electron chi connectivity index (χ0n) is 19.7. The maximum atomic E-state index is 6.59. The largest absolute Gasteiger partial charge is 0.369 e. The average Bonchev–Trinajstić information content (AvgIpc) is 3.07. The van der Waals surface area contributed by atoms with Crippen LogP contribution in [0.25, 0.3) is 0 Å². The van der Waals surface area contributed by atoms with Crippen molar-refractivity contribution in [2.45, 2.75) is 40.3 Å². The molecule has 0 bridgehead atoms. The number of anilines is 1. The van der Waals surface area contributed by atoms with Crippen LogP contribution >= 0.6 is 35.6 Å². The predicted octanol–water partition coefficient (Wildman–Crippen LogP) is 3.67. The first-order valence-electron chi connectivity index (χ1n) is 11.2. The van der Waals surface area contributed by atoms with Crippen LogP contribution in [-0.4, -0.2) is 67.0 Å². The number of nitrogens with one attached hydrogen (secondary N) is 2. The molecule has 0 saturated carbocycles. The highest BCUT2D eigenvalue weighted by Crippen LogP contribution is 2.29. The van der Waals surface area contributed by atoms with E-state index >= 15 is 0 Å². The van der Waals surface area contributed by atoms with E-state index in [0.717, 1.165) is 74.5 Å². The van der Waals surface area contributed by atoms with Gasteiger partial charge in [0, 0.05) is 67.8 Å². The Hall–Kier alpha value is -1.52. The van der Waals surface area contributed by atoms with Crippen LogP contribution < -0.4 is 15.5 Å². The molecule has 1 saturated heterocycles. The van der Waals surface area contributed by atoms with Gasteiger partial charge in [-0.15, -0.1) is 24.0 Å². The Morgan fingerprint density at radius 3 is 2.56 bits per heavy atom. The molecule has 1 aliphatic rings. The van der Waals surface area contributed by atoms with E-state index in [9.17, 15) is 0 Å². The minimum atomic E-state index is 0. The van der Waals surface area contributed by atoms with Crippen molar-refractivity contribution in [3.05, 3.63) is 46.2 Å². The summed E-state index contributed by atoms with van der Waals surface area (Å²) in [7, 11) is 2.17. The van der Waals surface area contributed by atoms with Crippen LogP contribution in [0.5, 0.6) is 0 Å². The Kier molecular flexibility index (Phi) is 11.1. The molecule has 0 amide bonds. The van der Waals surface area contributed by atoms with Crippen molar-refractivity contribution in [2.75, 3.05) is 51.2 Å². The minimum Gasteiger partial charge on any atom is -0.369 e. The number of rotatable bonds is 8. The lowest BCUT2D eigenvalue weighted by atomic mass is 10.1. The van der Waals surface area contributed by atoms with Crippen LogP contribution in [-0.2, 0) is 13.1 Å². The number of likely N-dealkylation sites (N-methyl/N-ethyl adjacent to an activating group) is 1. The topological polar surface area (TPSA) is 60.7 Å². The Labute approximate surface area is 214 Å². The van der Waals surface area contributed by atoms with Gasteiger partial charge in [0.2, 0.25) is 0 Å². The van der Waals surface area contributed by atoms with Gasteiger partial charge in [0.05, 0.1) is 12.2 Å². The lowest BCUT2D eigenvalue weighted by molar-refractivity contribution is 0.312. The number of piperazine rings is 1. The van der Waals surface area contributed by atoms with Crippen molar-refractivity contribution in [1.29, 1.82) is 0 Å². The first-order valence-corrected chi connectivity index (χ1v) is 11.6. The van der Waals surface area contributed by atoms with Gasteiger partial charge in [-0.25, -0.2) is 4.99 Å². The molecule has 0 unspecified atom stereocenters. The van der Waals surface area contributed by atoms with Crippen LogP contribution in [0.15, 0.2) is 29.3 Å². The van der Waals surface area contributed by atoms with Gasteiger partial charge in [-0.05, 0) is 52.4 Å². The van der Waals surface area contributed by atoms with E-state index in [0.29, 0.717) is 6.54 Å². The van der Waals surface area contributed by atoms with Gasteiger partial charge in [-0.1, -0.05) is 17.7 Å². The summed E-state index contributed by atoms with van der Waals surface area (Å²) in [5, 5.41) is 12.1. The molecule has 1 aromatic heterocycles. The smallest absolute Gasteiger partial charge is 0.191 e. The Balaban J connectivity index is 0.00000363. The molecular weight excluding hydrogens is 537 g/mol. The van der Waals surface area contributed by atoms with Gasteiger partial charge in [0.15, 0.2) is 5.96 Å². The number of halogens is 2. The highest BCUT2D eigenvalue weighted by molar-refractivity contribution is 14.0. The second kappa shape index (κ2) is 13.3. The third-order valence-electron chi connectivity index (χ3n) is 5.62. The molecule has 7 nitrogen and oxygen atoms in total. The SMILES string of the molecule is CCNC(=NCc1c(Cl)cccc1N1CCN(C)CC1)NCCCn1nc(C)cc1C.I. The lowest BCUT2D eigenvalue weighted by Gasteiger charge is -2.35. The van der Waals surface area contributed by atoms with Gasteiger partial charge < -0.3 is 20.4 Å². The molecule has 0 atom stereocenters. The summed E-state index contributed by atoms with van der Waals surface area (Å²) in [6.45, 7) is 13.5. The molecule has 1 fully saturated rings. The van der Waals surface area contributed by atoms with E-state index in [2.05, 4.69) is 63.2 Å². The van der Waals surface area contributed by atoms with Crippen molar-refractivity contribution in [3.8, 4) is 0 Å². The van der Waals surface area contributed by atoms with Gasteiger partial charge in [0.1, 0.15) is 0 Å². The first-order chi connectivity index (χ1) is 15.0. The summed E-state index contributed by atoms with van der Waals surface area (Å²) >= 11 is 6.59. The minimum absolute atomic E-state index is 0. The molecule has 2 heterocycles. The van der Waals surface area contributed by atoms with E-state index in [1.165, 1.54) is 11.4 Å². The van der Waals surface area contributed by atoms with E-state index < -0.39 is 0 Å². The van der Waals surface area contributed by atoms with E-state index in [4.69, 9.17) is 16.6 Å². The Morgan fingerprint density at radius 2 is 1.91 bits per heavy atom. The van der Waals surface area contributed by atoms with Crippen LogP contribution in [0.2, 0.25) is 5.02 Å². The number of aryl methyl sites for hydroxylation is 3. The summed E-state index contributed by atoms with van der Waals surface area (Å²) in [4.78, 5) is 9.61. The highest BCUT2D eigenvalue weighted by Gasteiger charge is 2.18. The normalized spacial score (nSPS) is 14.9. The molecule has 2 aromatic rings. The molecular formula is C23H37ClIN7. The molecule has 178 valence electrons. The number of hydrogen-bond acceptors (Lipinski definition) is 4. The number of aromatic nitrogens is 2. The van der Waals surface area contributed by atoms with Crippen molar-refractivity contribution in [3.63, 3.8) is 0 Å². The number of guanidine groups is 1. The number of benzene rings is 1. The summed E-state index contributed by atoms with van der Waals surface area (Å²) in [5.41, 5.74) is 4.56. The zero-order valence-corrected chi connectivity index (χ0v) is 22.8. The van der Waals surface area contributed by atoms with E-state index in [1.54, 1.807) is 0 Å². The van der Waals surface area contributed by atoms with E-state index in [1.807, 2.05) is 19.1 Å². The molecule has 3 rings (SSSR count). The fourth-order valence-electron chi connectivity index (χ4n) is 3.88. The fraction of sp³-hybridized carbons (Fsp3) is 0.565. The predicted molar refractivity (Wildman–Crippen MR) is 146 cm³/mol. The molecule has 0 aliphatic carbocycles. The fourth-order valence-corrected chi connectivity index (χ4v) is 4.11. The standard InChI is InChI=1S/C23H36ClN7.HI/c1-5-25-23(26-10-7-11-31-19(3)16-18(2)28-31)27-17-20-21(24)8-6-9-22(20)30-14-12-29(4)13-15-30;/h6,8-9,16H,5,7,10-15,17H2,1-4H3,(H2,25,26,27);1H. The van der Waals surface area contributed by atoms with E-state index in [-0.39, 0.29) is 24.0 Å². The van der Waals surface area contributed by atoms with Crippen molar-refractivity contribution >= 4 is 47.2 Å².